The number of hydrogen-bond acceptors (Lipinski definition) is 3. The number of anilines is 1. The number of aromatic nitrogens is 1. The molecule has 30 heavy (non-hydrogen) atoms. The van der Waals surface area contributed by atoms with Crippen LogP contribution in [0.25, 0.3) is 10.9 Å². The second kappa shape index (κ2) is 9.00. The van der Waals surface area contributed by atoms with Gasteiger partial charge in [0.05, 0.1) is 5.52 Å². The molecule has 156 valence electrons. The second-order valence-corrected chi connectivity index (χ2v) is 8.52. The Morgan fingerprint density at radius 1 is 1.13 bits per heavy atom. The number of benzene rings is 2. The van der Waals surface area contributed by atoms with Gasteiger partial charge < -0.3 is 10.5 Å². The molecule has 0 amide bonds. The first-order valence-corrected chi connectivity index (χ1v) is 10.7. The Labute approximate surface area is 180 Å². The molecule has 0 bridgehead atoms. The van der Waals surface area contributed by atoms with Crippen molar-refractivity contribution in [2.75, 3.05) is 5.32 Å². The molecule has 1 aromatic heterocycles. The molecule has 1 aliphatic rings. The number of hydrogen-bond donors (Lipinski definition) is 2. The van der Waals surface area contributed by atoms with Gasteiger partial charge in [0.25, 0.3) is 0 Å². The molecule has 0 saturated heterocycles. The lowest BCUT2D eigenvalue weighted by molar-refractivity contribution is 0.273. The Hall–Kier alpha value is -2.66. The van der Waals surface area contributed by atoms with Crippen LogP contribution in [0.2, 0.25) is 5.02 Å². The van der Waals surface area contributed by atoms with Gasteiger partial charge in [0.1, 0.15) is 11.7 Å². The van der Waals surface area contributed by atoms with E-state index in [0.717, 1.165) is 42.3 Å². The summed E-state index contributed by atoms with van der Waals surface area (Å²) in [6.07, 6.45) is 5.89. The minimum atomic E-state index is -0.226. The fraction of sp³-hybridized carbons (Fsp3) is 0.333. The SMILES string of the molecule is C[C@H](/C(=N/O)Nc1ccc(Cl)cc1)[C@H]1CC[C@H](c2ccnc3ccc(F)cc32)CC1. The van der Waals surface area contributed by atoms with E-state index in [2.05, 4.69) is 22.4 Å². The van der Waals surface area contributed by atoms with E-state index in [0.29, 0.717) is 22.7 Å². The van der Waals surface area contributed by atoms with E-state index in [1.807, 2.05) is 24.4 Å². The van der Waals surface area contributed by atoms with Gasteiger partial charge in [-0.15, -0.1) is 0 Å². The van der Waals surface area contributed by atoms with Crippen molar-refractivity contribution >= 4 is 34.0 Å². The van der Waals surface area contributed by atoms with Gasteiger partial charge >= 0.3 is 0 Å². The molecule has 1 saturated carbocycles. The summed E-state index contributed by atoms with van der Waals surface area (Å²) in [6.45, 7) is 2.10. The Morgan fingerprint density at radius 2 is 1.87 bits per heavy atom. The van der Waals surface area contributed by atoms with Gasteiger partial charge in [-0.05, 0) is 91.6 Å². The summed E-state index contributed by atoms with van der Waals surface area (Å²) in [6, 6.07) is 14.2. The average Bonchev–Trinajstić information content (AvgIpc) is 2.78. The fourth-order valence-electron chi connectivity index (χ4n) is 4.56. The highest BCUT2D eigenvalue weighted by Gasteiger charge is 2.29. The van der Waals surface area contributed by atoms with Gasteiger partial charge in [0.2, 0.25) is 0 Å². The molecule has 4 rings (SSSR count). The standard InChI is InChI=1S/C24H25ClFN3O/c1-15(24(29-30)28-20-9-6-18(25)7-10-20)16-2-4-17(5-3-16)21-12-13-27-23-11-8-19(26)14-22(21)23/h6-17,30H,2-5H2,1H3,(H,28,29)/t15-,16-,17-/m0/s1. The van der Waals surface area contributed by atoms with E-state index in [9.17, 15) is 9.60 Å². The number of oxime groups is 1. The second-order valence-electron chi connectivity index (χ2n) is 8.08. The monoisotopic (exact) mass is 425 g/mol. The zero-order valence-corrected chi connectivity index (χ0v) is 17.6. The van der Waals surface area contributed by atoms with Crippen molar-refractivity contribution in [3.63, 3.8) is 0 Å². The Kier molecular flexibility index (Phi) is 6.18. The predicted molar refractivity (Wildman–Crippen MR) is 120 cm³/mol. The van der Waals surface area contributed by atoms with Crippen LogP contribution in [0.15, 0.2) is 59.9 Å². The highest BCUT2D eigenvalue weighted by molar-refractivity contribution is 6.30. The normalized spacial score (nSPS) is 20.8. The van der Waals surface area contributed by atoms with E-state index in [4.69, 9.17) is 11.6 Å². The molecule has 0 aliphatic heterocycles. The van der Waals surface area contributed by atoms with Crippen LogP contribution in [0, 0.1) is 17.7 Å². The van der Waals surface area contributed by atoms with Gasteiger partial charge in [-0.3, -0.25) is 4.98 Å². The minimum Gasteiger partial charge on any atom is -0.409 e. The van der Waals surface area contributed by atoms with Crippen molar-refractivity contribution in [1.82, 2.24) is 4.98 Å². The summed E-state index contributed by atoms with van der Waals surface area (Å²) in [5.74, 6) is 1.24. The van der Waals surface area contributed by atoms with Crippen LogP contribution >= 0.6 is 11.6 Å². The number of fused-ring (bicyclic) bond motifs is 1. The van der Waals surface area contributed by atoms with Gasteiger partial charge in [0, 0.05) is 28.2 Å². The summed E-state index contributed by atoms with van der Waals surface area (Å²) < 4.78 is 13.8. The van der Waals surface area contributed by atoms with Gasteiger partial charge in [-0.1, -0.05) is 23.7 Å². The van der Waals surface area contributed by atoms with Gasteiger partial charge in [0.15, 0.2) is 0 Å². The van der Waals surface area contributed by atoms with E-state index in [-0.39, 0.29) is 11.7 Å². The van der Waals surface area contributed by atoms with Gasteiger partial charge in [-0.2, -0.15) is 0 Å². The lowest BCUT2D eigenvalue weighted by Crippen LogP contribution is -2.30. The largest absolute Gasteiger partial charge is 0.409 e. The Balaban J connectivity index is 1.44. The summed E-state index contributed by atoms with van der Waals surface area (Å²) in [7, 11) is 0. The number of pyridine rings is 1. The molecule has 6 heteroatoms. The topological polar surface area (TPSA) is 57.5 Å². The van der Waals surface area contributed by atoms with Crippen molar-refractivity contribution in [3.05, 3.63) is 71.1 Å². The van der Waals surface area contributed by atoms with Crippen molar-refractivity contribution in [2.45, 2.75) is 38.5 Å². The molecule has 0 radical (unpaired) electrons. The van der Waals surface area contributed by atoms with E-state index in [1.54, 1.807) is 24.3 Å². The summed E-state index contributed by atoms with van der Waals surface area (Å²) in [5.41, 5.74) is 2.87. The highest BCUT2D eigenvalue weighted by atomic mass is 35.5. The minimum absolute atomic E-state index is 0.0956. The summed E-state index contributed by atoms with van der Waals surface area (Å²) >= 11 is 5.94. The average molecular weight is 426 g/mol. The number of halogens is 2. The molecular weight excluding hydrogens is 401 g/mol. The van der Waals surface area contributed by atoms with Crippen LogP contribution in [0.4, 0.5) is 10.1 Å². The van der Waals surface area contributed by atoms with E-state index >= 15 is 0 Å². The molecule has 3 aromatic rings. The van der Waals surface area contributed by atoms with Crippen LogP contribution in [0.5, 0.6) is 0 Å². The Morgan fingerprint density at radius 3 is 2.57 bits per heavy atom. The number of amidine groups is 1. The zero-order valence-electron chi connectivity index (χ0n) is 16.9. The van der Waals surface area contributed by atoms with Crippen LogP contribution < -0.4 is 5.32 Å². The Bertz CT molecular complexity index is 1050. The molecule has 0 unspecified atom stereocenters. The molecule has 2 N–H and O–H groups in total. The molecule has 4 nitrogen and oxygen atoms in total. The first kappa shape index (κ1) is 20.6. The van der Waals surface area contributed by atoms with Crippen molar-refractivity contribution < 1.29 is 9.60 Å². The third-order valence-corrected chi connectivity index (χ3v) is 6.56. The van der Waals surface area contributed by atoms with Crippen LogP contribution in [-0.4, -0.2) is 16.0 Å². The van der Waals surface area contributed by atoms with Crippen LogP contribution in [0.1, 0.15) is 44.1 Å². The molecule has 1 atom stereocenters. The van der Waals surface area contributed by atoms with E-state index < -0.39 is 0 Å². The van der Waals surface area contributed by atoms with Gasteiger partial charge in [-0.25, -0.2) is 4.39 Å². The molecule has 1 heterocycles. The lowest BCUT2D eigenvalue weighted by atomic mass is 9.73. The zero-order chi connectivity index (χ0) is 21.1. The van der Waals surface area contributed by atoms with Crippen molar-refractivity contribution in [2.24, 2.45) is 17.0 Å². The third-order valence-electron chi connectivity index (χ3n) is 6.31. The third kappa shape index (κ3) is 4.41. The van der Waals surface area contributed by atoms with E-state index in [1.165, 1.54) is 11.6 Å². The molecule has 1 fully saturated rings. The summed E-state index contributed by atoms with van der Waals surface area (Å²) in [5, 5.41) is 17.9. The number of rotatable bonds is 4. The lowest BCUT2D eigenvalue weighted by Gasteiger charge is -2.33. The maximum absolute atomic E-state index is 13.8. The molecule has 1 aliphatic carbocycles. The summed E-state index contributed by atoms with van der Waals surface area (Å²) in [4.78, 5) is 4.37. The molecule has 0 spiro atoms. The quantitative estimate of drug-likeness (QED) is 0.208. The van der Waals surface area contributed by atoms with Crippen molar-refractivity contribution in [3.8, 4) is 0 Å². The maximum Gasteiger partial charge on any atom is 0.149 e. The predicted octanol–water partition coefficient (Wildman–Crippen LogP) is 6.84. The molecule has 2 aromatic carbocycles. The first-order valence-electron chi connectivity index (χ1n) is 10.3. The smallest absolute Gasteiger partial charge is 0.149 e. The molecular formula is C24H25ClFN3O. The maximum atomic E-state index is 13.8. The van der Waals surface area contributed by atoms with Crippen LogP contribution in [0.3, 0.4) is 0 Å². The van der Waals surface area contributed by atoms with Crippen LogP contribution in [-0.2, 0) is 0 Å². The van der Waals surface area contributed by atoms with Crippen molar-refractivity contribution in [1.29, 1.82) is 0 Å². The fourth-order valence-corrected chi connectivity index (χ4v) is 4.69. The first-order chi connectivity index (χ1) is 14.5. The number of nitrogens with zero attached hydrogens (tertiary/aromatic N) is 2. The number of nitrogens with one attached hydrogen (secondary N) is 1. The highest BCUT2D eigenvalue weighted by Crippen LogP contribution is 2.41.